The molecule has 7 heteroatoms. The number of amides is 2. The average molecular weight is 356 g/mol. The summed E-state index contributed by atoms with van der Waals surface area (Å²) in [7, 11) is 0. The van der Waals surface area contributed by atoms with Crippen LogP contribution >= 0.6 is 23.4 Å². The Balaban J connectivity index is 2.28. The van der Waals surface area contributed by atoms with Gasteiger partial charge in [-0.05, 0) is 48.9 Å². The van der Waals surface area contributed by atoms with Crippen LogP contribution in [0.25, 0.3) is 6.08 Å². The highest BCUT2D eigenvalue weighted by molar-refractivity contribution is 8.18. The van der Waals surface area contributed by atoms with E-state index in [0.29, 0.717) is 23.6 Å². The van der Waals surface area contributed by atoms with Crippen molar-refractivity contribution in [2.75, 3.05) is 13.2 Å². The molecule has 0 spiro atoms. The number of phenolic OH excluding ortho intramolecular Hbond substituents is 1. The van der Waals surface area contributed by atoms with E-state index in [-0.39, 0.29) is 27.7 Å². The predicted octanol–water partition coefficient (Wildman–Crippen LogP) is 4.28. The largest absolute Gasteiger partial charge is 0.503 e. The van der Waals surface area contributed by atoms with Crippen molar-refractivity contribution < 1.29 is 19.4 Å². The van der Waals surface area contributed by atoms with Crippen molar-refractivity contribution in [2.24, 2.45) is 0 Å². The Hall–Kier alpha value is -1.66. The highest BCUT2D eigenvalue weighted by Gasteiger charge is 2.34. The van der Waals surface area contributed by atoms with Crippen LogP contribution in [0.15, 0.2) is 17.0 Å². The van der Waals surface area contributed by atoms with Gasteiger partial charge < -0.3 is 9.84 Å². The summed E-state index contributed by atoms with van der Waals surface area (Å²) in [6.07, 6.45) is 3.28. The lowest BCUT2D eigenvalue weighted by Gasteiger charge is -2.11. The summed E-state index contributed by atoms with van der Waals surface area (Å²) in [5.41, 5.74) is 0.595. The van der Waals surface area contributed by atoms with Crippen LogP contribution in [0, 0.1) is 0 Å². The quantitative estimate of drug-likeness (QED) is 0.771. The van der Waals surface area contributed by atoms with Crippen LogP contribution in [0.1, 0.15) is 32.3 Å². The van der Waals surface area contributed by atoms with Gasteiger partial charge in [-0.3, -0.25) is 14.5 Å². The molecule has 1 saturated heterocycles. The summed E-state index contributed by atoms with van der Waals surface area (Å²) >= 11 is 6.88. The fourth-order valence-electron chi connectivity index (χ4n) is 2.10. The van der Waals surface area contributed by atoms with Crippen molar-refractivity contribution in [2.45, 2.75) is 26.7 Å². The van der Waals surface area contributed by atoms with E-state index in [4.69, 9.17) is 16.3 Å². The Morgan fingerprint density at radius 2 is 2.09 bits per heavy atom. The van der Waals surface area contributed by atoms with Gasteiger partial charge in [-0.1, -0.05) is 24.9 Å². The molecule has 0 aromatic heterocycles. The van der Waals surface area contributed by atoms with Crippen LogP contribution in [0.4, 0.5) is 4.79 Å². The standard InChI is InChI=1S/C16H18ClNO4S/c1-3-5-6-18-15(20)13(23-16(18)21)9-10-7-11(17)14(19)12(8-10)22-4-2/h7-9,19H,3-6H2,1-2H3/b13-9-. The van der Waals surface area contributed by atoms with Crippen molar-refractivity contribution in [1.29, 1.82) is 0 Å². The molecule has 0 saturated carbocycles. The number of unbranched alkanes of at least 4 members (excludes halogenated alkanes) is 1. The zero-order chi connectivity index (χ0) is 17.0. The maximum atomic E-state index is 12.3. The number of carbonyl (C=O) groups excluding carboxylic acids is 2. The maximum Gasteiger partial charge on any atom is 0.293 e. The van der Waals surface area contributed by atoms with Crippen LogP contribution in [0.5, 0.6) is 11.5 Å². The van der Waals surface area contributed by atoms with Gasteiger partial charge in [-0.15, -0.1) is 0 Å². The molecule has 0 bridgehead atoms. The topological polar surface area (TPSA) is 66.8 Å². The number of benzene rings is 1. The van der Waals surface area contributed by atoms with Crippen LogP contribution < -0.4 is 4.74 Å². The first-order chi connectivity index (χ1) is 11.0. The van der Waals surface area contributed by atoms with Crippen LogP contribution in [0.3, 0.4) is 0 Å². The number of hydrogen-bond donors (Lipinski definition) is 1. The molecule has 1 aliphatic rings. The average Bonchev–Trinajstić information content (AvgIpc) is 2.77. The van der Waals surface area contributed by atoms with Crippen molar-refractivity contribution in [3.05, 3.63) is 27.6 Å². The number of rotatable bonds is 6. The molecule has 2 amide bonds. The molecule has 0 unspecified atom stereocenters. The summed E-state index contributed by atoms with van der Waals surface area (Å²) in [5.74, 6) is -0.186. The SMILES string of the molecule is CCCCN1C(=O)S/C(=C\c2cc(Cl)c(O)c(OCC)c2)C1=O. The molecule has 5 nitrogen and oxygen atoms in total. The first kappa shape index (κ1) is 17.7. The zero-order valence-corrected chi connectivity index (χ0v) is 14.5. The second kappa shape index (κ2) is 7.75. The summed E-state index contributed by atoms with van der Waals surface area (Å²) in [4.78, 5) is 25.8. The Morgan fingerprint density at radius 3 is 2.74 bits per heavy atom. The lowest BCUT2D eigenvalue weighted by molar-refractivity contribution is -0.122. The number of ether oxygens (including phenoxy) is 1. The highest BCUT2D eigenvalue weighted by Crippen LogP contribution is 2.38. The summed E-state index contributed by atoms with van der Waals surface area (Å²) in [6, 6.07) is 3.12. The number of carbonyl (C=O) groups is 2. The van der Waals surface area contributed by atoms with E-state index in [1.165, 1.54) is 11.0 Å². The van der Waals surface area contributed by atoms with Gasteiger partial charge in [0, 0.05) is 6.54 Å². The molecule has 1 aromatic carbocycles. The first-order valence-corrected chi connectivity index (χ1v) is 8.58. The van der Waals surface area contributed by atoms with E-state index >= 15 is 0 Å². The predicted molar refractivity (Wildman–Crippen MR) is 91.9 cm³/mol. The molecule has 0 radical (unpaired) electrons. The van der Waals surface area contributed by atoms with Gasteiger partial charge in [0.15, 0.2) is 11.5 Å². The Labute approximate surface area is 144 Å². The van der Waals surface area contributed by atoms with E-state index in [2.05, 4.69) is 0 Å². The normalized spacial score (nSPS) is 16.5. The summed E-state index contributed by atoms with van der Waals surface area (Å²) in [5, 5.41) is 9.71. The number of thioether (sulfide) groups is 1. The minimum absolute atomic E-state index is 0.132. The molecule has 1 N–H and O–H groups in total. The third-order valence-electron chi connectivity index (χ3n) is 3.26. The smallest absolute Gasteiger partial charge is 0.293 e. The van der Waals surface area contributed by atoms with Crippen LogP contribution in [-0.2, 0) is 4.79 Å². The Morgan fingerprint density at radius 1 is 1.35 bits per heavy atom. The van der Waals surface area contributed by atoms with E-state index in [0.717, 1.165) is 24.6 Å². The molecular weight excluding hydrogens is 338 g/mol. The molecule has 124 valence electrons. The number of imide groups is 1. The van der Waals surface area contributed by atoms with Gasteiger partial charge in [-0.25, -0.2) is 0 Å². The molecule has 2 rings (SSSR count). The Bertz CT molecular complexity index is 660. The molecular formula is C16H18ClNO4S. The molecule has 1 aliphatic heterocycles. The second-order valence-electron chi connectivity index (χ2n) is 4.97. The highest BCUT2D eigenvalue weighted by atomic mass is 35.5. The minimum Gasteiger partial charge on any atom is -0.503 e. The first-order valence-electron chi connectivity index (χ1n) is 7.38. The molecule has 1 fully saturated rings. The van der Waals surface area contributed by atoms with E-state index in [1.807, 2.05) is 6.92 Å². The zero-order valence-electron chi connectivity index (χ0n) is 13.0. The fourth-order valence-corrected chi connectivity index (χ4v) is 3.19. The molecule has 0 aliphatic carbocycles. The van der Waals surface area contributed by atoms with Gasteiger partial charge in [-0.2, -0.15) is 0 Å². The lowest BCUT2D eigenvalue weighted by atomic mass is 10.2. The number of nitrogens with zero attached hydrogens (tertiary/aromatic N) is 1. The van der Waals surface area contributed by atoms with Gasteiger partial charge in [0.1, 0.15) is 0 Å². The monoisotopic (exact) mass is 355 g/mol. The molecule has 0 atom stereocenters. The van der Waals surface area contributed by atoms with Gasteiger partial charge in [0.25, 0.3) is 11.1 Å². The number of halogens is 1. The minimum atomic E-state index is -0.296. The van der Waals surface area contributed by atoms with Crippen LogP contribution in [-0.4, -0.2) is 34.3 Å². The van der Waals surface area contributed by atoms with Gasteiger partial charge in [0.2, 0.25) is 0 Å². The number of phenols is 1. The van der Waals surface area contributed by atoms with Crippen LogP contribution in [0.2, 0.25) is 5.02 Å². The molecule has 1 aromatic rings. The van der Waals surface area contributed by atoms with E-state index in [1.54, 1.807) is 19.1 Å². The number of hydrogen-bond acceptors (Lipinski definition) is 5. The maximum absolute atomic E-state index is 12.3. The van der Waals surface area contributed by atoms with Gasteiger partial charge >= 0.3 is 0 Å². The number of aromatic hydroxyl groups is 1. The summed E-state index contributed by atoms with van der Waals surface area (Å²) < 4.78 is 5.31. The van der Waals surface area contributed by atoms with Crippen molar-refractivity contribution in [3.8, 4) is 11.5 Å². The third kappa shape index (κ3) is 4.00. The third-order valence-corrected chi connectivity index (χ3v) is 4.45. The van der Waals surface area contributed by atoms with Crippen molar-refractivity contribution in [3.63, 3.8) is 0 Å². The van der Waals surface area contributed by atoms with Crippen molar-refractivity contribution >= 4 is 40.6 Å². The molecule has 23 heavy (non-hydrogen) atoms. The van der Waals surface area contributed by atoms with Gasteiger partial charge in [0.05, 0.1) is 16.5 Å². The Kier molecular flexibility index (Phi) is 5.96. The summed E-state index contributed by atoms with van der Waals surface area (Å²) in [6.45, 7) is 4.60. The van der Waals surface area contributed by atoms with E-state index < -0.39 is 0 Å². The lowest BCUT2D eigenvalue weighted by Crippen LogP contribution is -2.29. The van der Waals surface area contributed by atoms with Crippen molar-refractivity contribution in [1.82, 2.24) is 4.90 Å². The molecule has 1 heterocycles. The second-order valence-corrected chi connectivity index (χ2v) is 6.37. The fraction of sp³-hybridized carbons (Fsp3) is 0.375. The van der Waals surface area contributed by atoms with E-state index in [9.17, 15) is 14.7 Å².